The van der Waals surface area contributed by atoms with Gasteiger partial charge in [0.2, 0.25) is 0 Å². The lowest BCUT2D eigenvalue weighted by atomic mass is 10.0. The highest BCUT2D eigenvalue weighted by Crippen LogP contribution is 2.22. The Morgan fingerprint density at radius 3 is 2.59 bits per heavy atom. The zero-order chi connectivity index (χ0) is 12.8. The number of likely N-dealkylation sites (N-methyl/N-ethyl adjacent to an activating group) is 1. The van der Waals surface area contributed by atoms with Crippen LogP contribution >= 0.6 is 11.6 Å². The summed E-state index contributed by atoms with van der Waals surface area (Å²) < 4.78 is 1.93. The average molecular weight is 258 g/mol. The van der Waals surface area contributed by atoms with E-state index in [2.05, 4.69) is 24.3 Å². The molecule has 0 radical (unpaired) electrons. The summed E-state index contributed by atoms with van der Waals surface area (Å²) in [5, 5.41) is 8.67. The van der Waals surface area contributed by atoms with Gasteiger partial charge in [0, 0.05) is 19.5 Å². The molecule has 0 saturated carbocycles. The van der Waals surface area contributed by atoms with E-state index in [0.29, 0.717) is 6.04 Å². The first kappa shape index (κ1) is 14.5. The maximum absolute atomic E-state index is 6.35. The minimum atomic E-state index is 0.493. The molecule has 1 aromatic rings. The Kier molecular flexibility index (Phi) is 6.00. The smallest absolute Gasteiger partial charge is 0.0850 e. The summed E-state index contributed by atoms with van der Waals surface area (Å²) in [5.74, 6) is 0. The Morgan fingerprint density at radius 2 is 2.12 bits per heavy atom. The highest BCUT2D eigenvalue weighted by molar-refractivity contribution is 6.31. The van der Waals surface area contributed by atoms with E-state index >= 15 is 0 Å². The maximum atomic E-state index is 6.35. The number of unbranched alkanes of at least 4 members (excludes halogenated alkanes) is 1. The summed E-state index contributed by atoms with van der Waals surface area (Å²) in [6, 6.07) is 0.493. The fourth-order valence-corrected chi connectivity index (χ4v) is 2.44. The molecular formula is C13H24ClN3. The van der Waals surface area contributed by atoms with Gasteiger partial charge in [-0.2, -0.15) is 5.10 Å². The molecule has 0 aromatic carbocycles. The Morgan fingerprint density at radius 1 is 1.41 bits per heavy atom. The molecule has 4 heteroatoms. The third kappa shape index (κ3) is 3.71. The van der Waals surface area contributed by atoms with Crippen LogP contribution in [0, 0.1) is 0 Å². The largest absolute Gasteiger partial charge is 0.317 e. The molecule has 98 valence electrons. The number of nitrogens with zero attached hydrogens (tertiary/aromatic N) is 2. The van der Waals surface area contributed by atoms with Crippen molar-refractivity contribution in [3.63, 3.8) is 0 Å². The lowest BCUT2D eigenvalue weighted by molar-refractivity contribution is 0.485. The van der Waals surface area contributed by atoms with Gasteiger partial charge in [0.15, 0.2) is 0 Å². The average Bonchev–Trinajstić information content (AvgIpc) is 2.60. The third-order valence-corrected chi connectivity index (χ3v) is 3.69. The van der Waals surface area contributed by atoms with Gasteiger partial charge in [-0.05, 0) is 19.9 Å². The molecule has 0 aliphatic heterocycles. The number of hydrogen-bond donors (Lipinski definition) is 1. The number of halogens is 1. The zero-order valence-corrected chi connectivity index (χ0v) is 12.1. The molecule has 0 saturated heterocycles. The van der Waals surface area contributed by atoms with Crippen molar-refractivity contribution in [1.29, 1.82) is 0 Å². The van der Waals surface area contributed by atoms with Crippen LogP contribution in [-0.2, 0) is 19.9 Å². The van der Waals surface area contributed by atoms with Gasteiger partial charge in [0.1, 0.15) is 0 Å². The zero-order valence-electron chi connectivity index (χ0n) is 11.4. The van der Waals surface area contributed by atoms with Crippen LogP contribution in [0.1, 0.15) is 44.5 Å². The molecule has 0 fully saturated rings. The molecule has 1 rings (SSSR count). The summed E-state index contributed by atoms with van der Waals surface area (Å²) in [4.78, 5) is 0. The fourth-order valence-electron chi connectivity index (χ4n) is 2.07. The van der Waals surface area contributed by atoms with Gasteiger partial charge in [0.05, 0.1) is 16.4 Å². The van der Waals surface area contributed by atoms with Gasteiger partial charge >= 0.3 is 0 Å². The summed E-state index contributed by atoms with van der Waals surface area (Å²) >= 11 is 6.35. The predicted octanol–water partition coefficient (Wildman–Crippen LogP) is 2.96. The molecule has 1 N–H and O–H groups in total. The second-order valence-electron chi connectivity index (χ2n) is 4.52. The molecule has 1 heterocycles. The normalized spacial score (nSPS) is 13.0. The van der Waals surface area contributed by atoms with Crippen LogP contribution in [0.5, 0.6) is 0 Å². The fraction of sp³-hybridized carbons (Fsp3) is 0.769. The van der Waals surface area contributed by atoms with Gasteiger partial charge in [-0.3, -0.25) is 4.68 Å². The lowest BCUT2D eigenvalue weighted by Crippen LogP contribution is -2.28. The highest BCUT2D eigenvalue weighted by atomic mass is 35.5. The quantitative estimate of drug-likeness (QED) is 0.814. The Labute approximate surface area is 110 Å². The first-order chi connectivity index (χ1) is 8.13. The number of hydrogen-bond acceptors (Lipinski definition) is 2. The summed E-state index contributed by atoms with van der Waals surface area (Å²) in [5.41, 5.74) is 2.16. The predicted molar refractivity (Wildman–Crippen MR) is 73.7 cm³/mol. The van der Waals surface area contributed by atoms with Crippen molar-refractivity contribution in [2.45, 2.75) is 52.0 Å². The molecule has 0 amide bonds. The van der Waals surface area contributed by atoms with Crippen molar-refractivity contribution in [3.05, 3.63) is 16.4 Å². The van der Waals surface area contributed by atoms with Crippen LogP contribution in [0.4, 0.5) is 0 Å². The number of aryl methyl sites for hydroxylation is 2. The van der Waals surface area contributed by atoms with Gasteiger partial charge in [-0.25, -0.2) is 0 Å². The summed E-state index contributed by atoms with van der Waals surface area (Å²) in [7, 11) is 4.00. The Balaban J connectivity index is 2.75. The Bertz CT molecular complexity index is 347. The van der Waals surface area contributed by atoms with E-state index in [0.717, 1.165) is 29.3 Å². The molecule has 0 aliphatic carbocycles. The van der Waals surface area contributed by atoms with Crippen LogP contribution in [-0.4, -0.2) is 22.9 Å². The number of nitrogens with one attached hydrogen (secondary N) is 1. The monoisotopic (exact) mass is 257 g/mol. The number of rotatable bonds is 7. The molecule has 0 bridgehead atoms. The van der Waals surface area contributed by atoms with Crippen LogP contribution in [0.2, 0.25) is 5.02 Å². The maximum Gasteiger partial charge on any atom is 0.0850 e. The minimum absolute atomic E-state index is 0.493. The van der Waals surface area contributed by atoms with Crippen molar-refractivity contribution >= 4 is 11.6 Å². The van der Waals surface area contributed by atoms with Crippen molar-refractivity contribution < 1.29 is 0 Å². The van der Waals surface area contributed by atoms with Gasteiger partial charge in [-0.15, -0.1) is 0 Å². The molecule has 17 heavy (non-hydrogen) atoms. The second kappa shape index (κ2) is 7.02. The topological polar surface area (TPSA) is 29.9 Å². The third-order valence-electron chi connectivity index (χ3n) is 3.26. The number of aromatic nitrogens is 2. The van der Waals surface area contributed by atoms with Crippen molar-refractivity contribution in [2.75, 3.05) is 7.05 Å². The lowest BCUT2D eigenvalue weighted by Gasteiger charge is -2.16. The van der Waals surface area contributed by atoms with Gasteiger partial charge < -0.3 is 5.32 Å². The van der Waals surface area contributed by atoms with E-state index in [1.165, 1.54) is 19.3 Å². The molecule has 1 atom stereocenters. The standard InChI is InChI=1S/C13H24ClN3/c1-5-7-8-10(15-3)9-12-13(14)11(6-2)16-17(12)4/h10,15H,5-9H2,1-4H3. The van der Waals surface area contributed by atoms with Gasteiger partial charge in [0.25, 0.3) is 0 Å². The molecular weight excluding hydrogens is 234 g/mol. The van der Waals surface area contributed by atoms with E-state index in [4.69, 9.17) is 11.6 Å². The highest BCUT2D eigenvalue weighted by Gasteiger charge is 2.16. The van der Waals surface area contributed by atoms with Crippen LogP contribution < -0.4 is 5.32 Å². The SMILES string of the molecule is CCCCC(Cc1c(Cl)c(CC)nn1C)NC. The molecule has 3 nitrogen and oxygen atoms in total. The molecule has 1 unspecified atom stereocenters. The van der Waals surface area contributed by atoms with Crippen molar-refractivity contribution in [3.8, 4) is 0 Å². The van der Waals surface area contributed by atoms with Crippen molar-refractivity contribution in [2.24, 2.45) is 7.05 Å². The van der Waals surface area contributed by atoms with Crippen LogP contribution in [0.15, 0.2) is 0 Å². The van der Waals surface area contributed by atoms with E-state index in [-0.39, 0.29) is 0 Å². The van der Waals surface area contributed by atoms with Crippen LogP contribution in [0.3, 0.4) is 0 Å². The Hall–Kier alpha value is -0.540. The van der Waals surface area contributed by atoms with E-state index in [9.17, 15) is 0 Å². The van der Waals surface area contributed by atoms with E-state index < -0.39 is 0 Å². The molecule has 0 spiro atoms. The first-order valence-corrected chi connectivity index (χ1v) is 6.89. The van der Waals surface area contributed by atoms with Crippen molar-refractivity contribution in [1.82, 2.24) is 15.1 Å². The van der Waals surface area contributed by atoms with Crippen LogP contribution in [0.25, 0.3) is 0 Å². The molecule has 0 aliphatic rings. The minimum Gasteiger partial charge on any atom is -0.317 e. The summed E-state index contributed by atoms with van der Waals surface area (Å²) in [6.45, 7) is 4.31. The van der Waals surface area contributed by atoms with E-state index in [1.54, 1.807) is 0 Å². The van der Waals surface area contributed by atoms with Gasteiger partial charge in [-0.1, -0.05) is 38.3 Å². The summed E-state index contributed by atoms with van der Waals surface area (Å²) in [6.07, 6.45) is 5.53. The second-order valence-corrected chi connectivity index (χ2v) is 4.89. The first-order valence-electron chi connectivity index (χ1n) is 6.51. The molecule has 1 aromatic heterocycles. The van der Waals surface area contributed by atoms with E-state index in [1.807, 2.05) is 18.8 Å².